The molecule has 8 nitrogen and oxygen atoms in total. The third kappa shape index (κ3) is 5.61. The molecule has 13 heteroatoms. The van der Waals surface area contributed by atoms with E-state index in [0.717, 1.165) is 38.5 Å². The Morgan fingerprint density at radius 3 is 1.73 bits per heavy atom. The molecule has 0 aromatic carbocycles. The van der Waals surface area contributed by atoms with Gasteiger partial charge in [0.15, 0.2) is 12.2 Å². The smallest absolute Gasteiger partial charge is 0.431 e. The van der Waals surface area contributed by atoms with Crippen LogP contribution in [0.15, 0.2) is 0 Å². The number of rotatable bonds is 7. The summed E-state index contributed by atoms with van der Waals surface area (Å²) < 4.78 is 104. The Balaban J connectivity index is 1.81. The average molecular weight is 504 g/mol. The quantitative estimate of drug-likeness (QED) is 0.318. The van der Waals surface area contributed by atoms with Crippen molar-refractivity contribution in [2.75, 3.05) is 0 Å². The molecule has 1 heterocycles. The van der Waals surface area contributed by atoms with Crippen molar-refractivity contribution in [2.45, 2.75) is 106 Å². The molecule has 2 saturated carbocycles. The molecule has 3 aliphatic rings. The second-order valence-electron chi connectivity index (χ2n) is 8.90. The van der Waals surface area contributed by atoms with E-state index in [4.69, 9.17) is 18.8 Å². The van der Waals surface area contributed by atoms with E-state index in [0.29, 0.717) is 25.7 Å². The van der Waals surface area contributed by atoms with Gasteiger partial charge in [-0.2, -0.15) is 26.0 Å². The van der Waals surface area contributed by atoms with E-state index in [1.807, 2.05) is 0 Å². The third-order valence-electron chi connectivity index (χ3n) is 6.49. The third-order valence-corrected chi connectivity index (χ3v) is 7.41. The first-order valence-electron chi connectivity index (χ1n) is 11.1. The van der Waals surface area contributed by atoms with Crippen LogP contribution in [0.25, 0.3) is 0 Å². The topological polar surface area (TPSA) is 116 Å². The minimum absolute atomic E-state index is 0.452. The number of hydrogen-bond acceptors (Lipinski definition) is 7. The van der Waals surface area contributed by atoms with Gasteiger partial charge >= 0.3 is 33.2 Å². The van der Waals surface area contributed by atoms with Crippen LogP contribution >= 0.6 is 0 Å². The van der Waals surface area contributed by atoms with E-state index in [9.17, 15) is 35.6 Å². The van der Waals surface area contributed by atoms with Crippen LogP contribution in [0.1, 0.15) is 70.6 Å². The highest BCUT2D eigenvalue weighted by atomic mass is 32.2. The van der Waals surface area contributed by atoms with Gasteiger partial charge in [-0.25, -0.2) is 9.59 Å². The maximum atomic E-state index is 14.8. The first-order valence-corrected chi connectivity index (χ1v) is 12.6. The van der Waals surface area contributed by atoms with Crippen LogP contribution in [0.5, 0.6) is 0 Å². The monoisotopic (exact) mass is 504 g/mol. The zero-order valence-electron chi connectivity index (χ0n) is 17.9. The lowest BCUT2D eigenvalue weighted by Crippen LogP contribution is -2.54. The van der Waals surface area contributed by atoms with Gasteiger partial charge in [-0.3, -0.25) is 4.55 Å². The van der Waals surface area contributed by atoms with E-state index in [-0.39, 0.29) is 0 Å². The molecule has 0 spiro atoms. The largest absolute Gasteiger partial charge is 0.460 e. The molecule has 1 N–H and O–H groups in total. The number of ether oxygens (including phenoxy) is 3. The fraction of sp³-hybridized carbons (Fsp3) is 0.900. The Hall–Kier alpha value is -1.47. The van der Waals surface area contributed by atoms with E-state index in [1.165, 1.54) is 0 Å². The Morgan fingerprint density at radius 1 is 0.818 bits per heavy atom. The molecular formula is C20H28F4O8S. The van der Waals surface area contributed by atoms with Crippen LogP contribution < -0.4 is 0 Å². The van der Waals surface area contributed by atoms with Gasteiger partial charge in [0.05, 0.1) is 5.92 Å². The van der Waals surface area contributed by atoms with Gasteiger partial charge in [-0.05, 0) is 57.8 Å². The summed E-state index contributed by atoms with van der Waals surface area (Å²) in [6.45, 7) is 0. The molecule has 3 unspecified atom stereocenters. The second-order valence-corrected chi connectivity index (χ2v) is 10.4. The van der Waals surface area contributed by atoms with Crippen LogP contribution in [0.2, 0.25) is 0 Å². The summed E-state index contributed by atoms with van der Waals surface area (Å²) in [5.41, 5.74) is 0. The molecular weight excluding hydrogens is 476 g/mol. The Labute approximate surface area is 189 Å². The highest BCUT2D eigenvalue weighted by Crippen LogP contribution is 2.50. The van der Waals surface area contributed by atoms with Crippen molar-refractivity contribution < 1.29 is 54.3 Å². The molecule has 0 aromatic rings. The highest BCUT2D eigenvalue weighted by molar-refractivity contribution is 7.87. The van der Waals surface area contributed by atoms with Gasteiger partial charge in [0.1, 0.15) is 12.2 Å². The lowest BCUT2D eigenvalue weighted by Gasteiger charge is -2.31. The number of hydrogen-bond donors (Lipinski definition) is 1. The molecule has 1 saturated heterocycles. The number of esters is 2. The van der Waals surface area contributed by atoms with Gasteiger partial charge in [0.2, 0.25) is 0 Å². The summed E-state index contributed by atoms with van der Waals surface area (Å²) in [6.07, 6.45) is 0.534. The highest BCUT2D eigenvalue weighted by Gasteiger charge is 2.73. The SMILES string of the molecule is O=C(OC1CCCCC1)C1CC(C(F)(F)C(F)(F)S(=O)(=O)O)C(C(=O)OC2CCCCC2)O1. The molecule has 0 aromatic heterocycles. The summed E-state index contributed by atoms with van der Waals surface area (Å²) in [5.74, 6) is -10.7. The molecule has 190 valence electrons. The van der Waals surface area contributed by atoms with E-state index >= 15 is 0 Å². The summed E-state index contributed by atoms with van der Waals surface area (Å²) in [4.78, 5) is 25.1. The number of carbonyl (C=O) groups is 2. The van der Waals surface area contributed by atoms with E-state index < -0.39 is 70.0 Å². The average Bonchev–Trinajstić information content (AvgIpc) is 3.21. The zero-order chi connectivity index (χ0) is 24.4. The van der Waals surface area contributed by atoms with Crippen molar-refractivity contribution in [1.82, 2.24) is 0 Å². The summed E-state index contributed by atoms with van der Waals surface area (Å²) in [7, 11) is -6.54. The predicted molar refractivity (Wildman–Crippen MR) is 104 cm³/mol. The van der Waals surface area contributed by atoms with Crippen LogP contribution in [-0.4, -0.2) is 60.5 Å². The lowest BCUT2D eigenvalue weighted by molar-refractivity contribution is -0.210. The molecule has 0 radical (unpaired) electrons. The molecule has 2 aliphatic carbocycles. The zero-order valence-corrected chi connectivity index (χ0v) is 18.7. The van der Waals surface area contributed by atoms with Crippen molar-refractivity contribution >= 4 is 22.1 Å². The fourth-order valence-corrected chi connectivity index (χ4v) is 5.11. The van der Waals surface area contributed by atoms with Crippen molar-refractivity contribution in [1.29, 1.82) is 0 Å². The normalized spacial score (nSPS) is 28.5. The van der Waals surface area contributed by atoms with Crippen molar-refractivity contribution in [3.05, 3.63) is 0 Å². The number of alkyl halides is 4. The molecule has 3 rings (SSSR count). The minimum Gasteiger partial charge on any atom is -0.460 e. The number of carbonyl (C=O) groups excluding carboxylic acids is 2. The Bertz CT molecular complexity index is 822. The van der Waals surface area contributed by atoms with E-state index in [2.05, 4.69) is 0 Å². The second kappa shape index (κ2) is 10.0. The molecule has 3 atom stereocenters. The standard InChI is InChI=1S/C20H28F4O8S/c21-19(22,20(23,24)33(27,28)29)14-11-15(17(25)30-12-7-3-1-4-8-12)32-16(14)18(26)31-13-9-5-2-6-10-13/h12-16H,1-11H2,(H,27,28,29). The summed E-state index contributed by atoms with van der Waals surface area (Å²) in [6, 6.07) is 0. The van der Waals surface area contributed by atoms with Crippen LogP contribution in [0.4, 0.5) is 17.6 Å². The van der Waals surface area contributed by atoms with Crippen molar-refractivity contribution in [2.24, 2.45) is 5.92 Å². The van der Waals surface area contributed by atoms with Gasteiger partial charge in [-0.1, -0.05) is 12.8 Å². The Kier molecular flexibility index (Phi) is 7.94. The van der Waals surface area contributed by atoms with Gasteiger partial charge < -0.3 is 14.2 Å². The molecule has 33 heavy (non-hydrogen) atoms. The van der Waals surface area contributed by atoms with Crippen LogP contribution in [0.3, 0.4) is 0 Å². The van der Waals surface area contributed by atoms with Gasteiger partial charge in [0.25, 0.3) is 0 Å². The summed E-state index contributed by atoms with van der Waals surface area (Å²) in [5, 5.41) is -5.92. The lowest BCUT2D eigenvalue weighted by atomic mass is 9.91. The van der Waals surface area contributed by atoms with Gasteiger partial charge in [-0.15, -0.1) is 0 Å². The molecule has 0 bridgehead atoms. The molecule has 0 amide bonds. The van der Waals surface area contributed by atoms with Crippen molar-refractivity contribution in [3.63, 3.8) is 0 Å². The maximum Gasteiger partial charge on any atom is 0.431 e. The predicted octanol–water partition coefficient (Wildman–Crippen LogP) is 3.63. The molecule has 1 aliphatic heterocycles. The van der Waals surface area contributed by atoms with E-state index in [1.54, 1.807) is 0 Å². The Morgan fingerprint density at radius 2 is 1.27 bits per heavy atom. The fourth-order valence-electron chi connectivity index (χ4n) is 4.62. The van der Waals surface area contributed by atoms with Crippen LogP contribution in [-0.2, 0) is 33.9 Å². The summed E-state index contributed by atoms with van der Waals surface area (Å²) >= 11 is 0. The molecule has 3 fully saturated rings. The minimum atomic E-state index is -6.54. The first-order chi connectivity index (χ1) is 15.3. The maximum absolute atomic E-state index is 14.8. The van der Waals surface area contributed by atoms with Crippen molar-refractivity contribution in [3.8, 4) is 0 Å². The van der Waals surface area contributed by atoms with Crippen LogP contribution in [0, 0.1) is 5.92 Å². The first kappa shape index (κ1) is 26.1. The van der Waals surface area contributed by atoms with Gasteiger partial charge in [0, 0.05) is 0 Å². The number of halogens is 4.